The van der Waals surface area contributed by atoms with E-state index in [1.54, 1.807) is 12.1 Å². The summed E-state index contributed by atoms with van der Waals surface area (Å²) in [5, 5.41) is 18.3. The molecule has 0 aromatic carbocycles. The topological polar surface area (TPSA) is 66.7 Å². The van der Waals surface area contributed by atoms with E-state index in [9.17, 15) is 0 Å². The van der Waals surface area contributed by atoms with Crippen molar-refractivity contribution >= 4 is 0 Å². The molecular formula is C8H6O4. The standard InChI is InChI=1S/C8H6O4/c9-7-5(1-3-11-7)6-2-4-12-8(6)10/h1-4,9-10H. The monoisotopic (exact) mass is 166 g/mol. The van der Waals surface area contributed by atoms with Gasteiger partial charge < -0.3 is 19.0 Å². The Morgan fingerprint density at radius 1 is 0.833 bits per heavy atom. The lowest BCUT2D eigenvalue weighted by Crippen LogP contribution is -1.68. The SMILES string of the molecule is Oc1occc1-c1ccoc1O. The molecule has 62 valence electrons. The van der Waals surface area contributed by atoms with Crippen LogP contribution in [0.5, 0.6) is 11.9 Å². The highest BCUT2D eigenvalue weighted by Gasteiger charge is 2.13. The van der Waals surface area contributed by atoms with Crippen molar-refractivity contribution in [2.75, 3.05) is 0 Å². The van der Waals surface area contributed by atoms with Crippen LogP contribution in [0.3, 0.4) is 0 Å². The number of aromatic hydroxyl groups is 2. The van der Waals surface area contributed by atoms with Gasteiger partial charge in [0.25, 0.3) is 11.9 Å². The van der Waals surface area contributed by atoms with E-state index in [0.717, 1.165) is 0 Å². The largest absolute Gasteiger partial charge is 0.480 e. The summed E-state index contributed by atoms with van der Waals surface area (Å²) >= 11 is 0. The second-order valence-electron chi connectivity index (χ2n) is 2.28. The molecule has 0 aliphatic rings. The first kappa shape index (κ1) is 6.84. The molecule has 4 nitrogen and oxygen atoms in total. The van der Waals surface area contributed by atoms with Gasteiger partial charge in [-0.05, 0) is 12.1 Å². The van der Waals surface area contributed by atoms with Gasteiger partial charge in [0.15, 0.2) is 0 Å². The Bertz CT molecular complexity index is 347. The summed E-state index contributed by atoms with van der Waals surface area (Å²) in [4.78, 5) is 0. The molecule has 2 aromatic rings. The lowest BCUT2D eigenvalue weighted by molar-refractivity contribution is 0.327. The molecule has 12 heavy (non-hydrogen) atoms. The van der Waals surface area contributed by atoms with Crippen LogP contribution in [-0.4, -0.2) is 10.2 Å². The predicted molar refractivity (Wildman–Crippen MR) is 39.7 cm³/mol. The minimum absolute atomic E-state index is 0.230. The molecule has 0 amide bonds. The molecule has 0 aliphatic carbocycles. The van der Waals surface area contributed by atoms with Crippen molar-refractivity contribution in [2.24, 2.45) is 0 Å². The molecule has 0 aliphatic heterocycles. The fraction of sp³-hybridized carbons (Fsp3) is 0. The molecule has 0 atom stereocenters. The first-order valence-corrected chi connectivity index (χ1v) is 3.32. The predicted octanol–water partition coefficient (Wildman–Crippen LogP) is 1.95. The van der Waals surface area contributed by atoms with Gasteiger partial charge in [-0.1, -0.05) is 0 Å². The summed E-state index contributed by atoms with van der Waals surface area (Å²) < 4.78 is 9.29. The lowest BCUT2D eigenvalue weighted by atomic mass is 10.2. The van der Waals surface area contributed by atoms with Gasteiger partial charge in [0.05, 0.1) is 23.7 Å². The smallest absolute Gasteiger partial charge is 0.290 e. The zero-order valence-corrected chi connectivity index (χ0v) is 6.02. The third-order valence-electron chi connectivity index (χ3n) is 1.58. The van der Waals surface area contributed by atoms with Gasteiger partial charge >= 0.3 is 0 Å². The Balaban J connectivity index is 2.57. The first-order valence-electron chi connectivity index (χ1n) is 3.32. The van der Waals surface area contributed by atoms with Crippen LogP contribution in [0.25, 0.3) is 11.1 Å². The molecule has 2 aromatic heterocycles. The van der Waals surface area contributed by atoms with Crippen molar-refractivity contribution < 1.29 is 19.0 Å². The highest BCUT2D eigenvalue weighted by molar-refractivity contribution is 5.71. The summed E-state index contributed by atoms with van der Waals surface area (Å²) in [6.07, 6.45) is 2.66. The number of hydrogen-bond donors (Lipinski definition) is 2. The third kappa shape index (κ3) is 0.852. The lowest BCUT2D eigenvalue weighted by Gasteiger charge is -1.91. The number of rotatable bonds is 1. The van der Waals surface area contributed by atoms with Gasteiger partial charge in [0, 0.05) is 0 Å². The molecule has 2 rings (SSSR count). The Morgan fingerprint density at radius 2 is 1.25 bits per heavy atom. The number of furan rings is 2. The van der Waals surface area contributed by atoms with Gasteiger partial charge in [0.2, 0.25) is 0 Å². The van der Waals surface area contributed by atoms with Gasteiger partial charge in [-0.3, -0.25) is 0 Å². The van der Waals surface area contributed by atoms with Crippen molar-refractivity contribution in [1.29, 1.82) is 0 Å². The van der Waals surface area contributed by atoms with Crippen LogP contribution in [0.15, 0.2) is 33.5 Å². The molecule has 0 unspecified atom stereocenters. The Kier molecular flexibility index (Phi) is 1.33. The summed E-state index contributed by atoms with van der Waals surface area (Å²) in [6.45, 7) is 0. The Morgan fingerprint density at radius 3 is 1.50 bits per heavy atom. The van der Waals surface area contributed by atoms with Crippen LogP contribution in [0.1, 0.15) is 0 Å². The van der Waals surface area contributed by atoms with Crippen LogP contribution in [0.4, 0.5) is 0 Å². The highest BCUT2D eigenvalue weighted by Crippen LogP contribution is 2.36. The summed E-state index contributed by atoms with van der Waals surface area (Å²) in [7, 11) is 0. The van der Waals surface area contributed by atoms with E-state index in [1.807, 2.05) is 0 Å². The van der Waals surface area contributed by atoms with Crippen molar-refractivity contribution in [3.8, 4) is 23.0 Å². The molecule has 0 saturated carbocycles. The molecular weight excluding hydrogens is 160 g/mol. The van der Waals surface area contributed by atoms with E-state index in [4.69, 9.17) is 10.2 Å². The molecule has 0 radical (unpaired) electrons. The van der Waals surface area contributed by atoms with Crippen molar-refractivity contribution in [3.63, 3.8) is 0 Å². The maximum atomic E-state index is 9.13. The maximum absolute atomic E-state index is 9.13. The molecule has 2 N–H and O–H groups in total. The van der Waals surface area contributed by atoms with Gasteiger partial charge in [-0.15, -0.1) is 0 Å². The van der Waals surface area contributed by atoms with Gasteiger partial charge in [-0.25, -0.2) is 0 Å². The van der Waals surface area contributed by atoms with Crippen LogP contribution >= 0.6 is 0 Å². The maximum Gasteiger partial charge on any atom is 0.290 e. The Hall–Kier alpha value is -1.84. The fourth-order valence-corrected chi connectivity index (χ4v) is 1.01. The minimum Gasteiger partial charge on any atom is -0.480 e. The van der Waals surface area contributed by atoms with Crippen molar-refractivity contribution in [1.82, 2.24) is 0 Å². The second-order valence-corrected chi connectivity index (χ2v) is 2.28. The van der Waals surface area contributed by atoms with E-state index < -0.39 is 0 Å². The molecule has 0 spiro atoms. The average molecular weight is 166 g/mol. The van der Waals surface area contributed by atoms with Gasteiger partial charge in [0.1, 0.15) is 0 Å². The highest BCUT2D eigenvalue weighted by atomic mass is 16.5. The van der Waals surface area contributed by atoms with Crippen LogP contribution in [0.2, 0.25) is 0 Å². The van der Waals surface area contributed by atoms with E-state index in [0.29, 0.717) is 11.1 Å². The van der Waals surface area contributed by atoms with Crippen LogP contribution in [-0.2, 0) is 0 Å². The molecule has 2 heterocycles. The fourth-order valence-electron chi connectivity index (χ4n) is 1.01. The quantitative estimate of drug-likeness (QED) is 0.679. The van der Waals surface area contributed by atoms with Crippen molar-refractivity contribution in [2.45, 2.75) is 0 Å². The normalized spacial score (nSPS) is 10.3. The van der Waals surface area contributed by atoms with E-state index in [-0.39, 0.29) is 11.9 Å². The third-order valence-corrected chi connectivity index (χ3v) is 1.58. The van der Waals surface area contributed by atoms with E-state index in [2.05, 4.69) is 8.83 Å². The average Bonchev–Trinajstić information content (AvgIpc) is 2.59. The molecule has 0 fully saturated rings. The first-order chi connectivity index (χ1) is 5.79. The molecule has 4 heteroatoms. The van der Waals surface area contributed by atoms with E-state index in [1.165, 1.54) is 12.5 Å². The summed E-state index contributed by atoms with van der Waals surface area (Å²) in [6, 6.07) is 3.08. The summed E-state index contributed by atoms with van der Waals surface area (Å²) in [5.41, 5.74) is 0.836. The Labute approximate surface area is 67.7 Å². The van der Waals surface area contributed by atoms with Crippen LogP contribution in [0, 0.1) is 0 Å². The minimum atomic E-state index is -0.230. The van der Waals surface area contributed by atoms with Gasteiger partial charge in [-0.2, -0.15) is 0 Å². The van der Waals surface area contributed by atoms with Crippen LogP contribution < -0.4 is 0 Å². The molecule has 0 bridgehead atoms. The summed E-state index contributed by atoms with van der Waals surface area (Å²) in [5.74, 6) is -0.460. The zero-order valence-electron chi connectivity index (χ0n) is 6.02. The van der Waals surface area contributed by atoms with E-state index >= 15 is 0 Å². The van der Waals surface area contributed by atoms with Crippen molar-refractivity contribution in [3.05, 3.63) is 24.7 Å². The second kappa shape index (κ2) is 2.34. The number of hydrogen-bond acceptors (Lipinski definition) is 4. The molecule has 0 saturated heterocycles. The zero-order chi connectivity index (χ0) is 8.55.